The van der Waals surface area contributed by atoms with Crippen molar-refractivity contribution in [1.82, 2.24) is 4.98 Å². The molecule has 5 rings (SSSR count). The number of pyridine rings is 1. The molecule has 0 spiro atoms. The standard InChI is InChI=1S/C26H16F3N/c27-26(28,29)20-12-9-19(10-13-20)22-14-11-17-5-1-3-7-21(17)24(22)25-23-8-4-2-6-18(23)15-16-30-25/h1-16H. The summed E-state index contributed by atoms with van der Waals surface area (Å²) in [6, 6.07) is 27.2. The van der Waals surface area contributed by atoms with Gasteiger partial charge >= 0.3 is 6.18 Å². The van der Waals surface area contributed by atoms with E-state index in [9.17, 15) is 13.2 Å². The van der Waals surface area contributed by atoms with Gasteiger partial charge < -0.3 is 0 Å². The Balaban J connectivity index is 1.82. The predicted octanol–water partition coefficient (Wildman–Crippen LogP) is 7.74. The molecule has 0 radical (unpaired) electrons. The highest BCUT2D eigenvalue weighted by molar-refractivity contribution is 6.09. The second-order valence-corrected chi connectivity index (χ2v) is 7.17. The SMILES string of the molecule is FC(F)(F)c1ccc(-c2ccc3ccccc3c2-c2nccc3ccccc23)cc1. The Morgan fingerprint density at radius 3 is 1.93 bits per heavy atom. The molecule has 0 aliphatic rings. The van der Waals surface area contributed by atoms with Crippen LogP contribution in [0, 0.1) is 0 Å². The number of aromatic nitrogens is 1. The van der Waals surface area contributed by atoms with Crippen molar-refractivity contribution in [3.63, 3.8) is 0 Å². The number of rotatable bonds is 2. The summed E-state index contributed by atoms with van der Waals surface area (Å²) in [6.45, 7) is 0. The highest BCUT2D eigenvalue weighted by Gasteiger charge is 2.30. The molecular formula is C26H16F3N. The van der Waals surface area contributed by atoms with E-state index in [4.69, 9.17) is 4.98 Å². The largest absolute Gasteiger partial charge is 0.416 e. The summed E-state index contributed by atoms with van der Waals surface area (Å²) in [5, 5.41) is 4.13. The van der Waals surface area contributed by atoms with Crippen LogP contribution in [0.15, 0.2) is 97.2 Å². The van der Waals surface area contributed by atoms with Gasteiger partial charge in [0.05, 0.1) is 11.3 Å². The van der Waals surface area contributed by atoms with E-state index < -0.39 is 11.7 Å². The molecule has 5 aromatic rings. The Labute approximate surface area is 171 Å². The summed E-state index contributed by atoms with van der Waals surface area (Å²) in [4.78, 5) is 4.69. The van der Waals surface area contributed by atoms with Crippen LogP contribution in [0.4, 0.5) is 13.2 Å². The molecule has 0 atom stereocenters. The van der Waals surface area contributed by atoms with E-state index in [0.29, 0.717) is 0 Å². The predicted molar refractivity (Wildman–Crippen MR) is 115 cm³/mol. The Morgan fingerprint density at radius 1 is 0.600 bits per heavy atom. The van der Waals surface area contributed by atoms with Crippen LogP contribution in [0.1, 0.15) is 5.56 Å². The normalized spacial score (nSPS) is 11.8. The van der Waals surface area contributed by atoms with Gasteiger partial charge in [-0.15, -0.1) is 0 Å². The highest BCUT2D eigenvalue weighted by Crippen LogP contribution is 2.40. The first kappa shape index (κ1) is 18.4. The molecule has 0 bridgehead atoms. The molecule has 4 heteroatoms. The fourth-order valence-corrected chi connectivity index (χ4v) is 3.92. The van der Waals surface area contributed by atoms with Crippen molar-refractivity contribution in [3.05, 3.63) is 103 Å². The molecule has 0 unspecified atom stereocenters. The van der Waals surface area contributed by atoms with Gasteiger partial charge in [0, 0.05) is 17.1 Å². The Kier molecular flexibility index (Phi) is 4.28. The summed E-state index contributed by atoms with van der Waals surface area (Å²) in [6.07, 6.45) is -2.59. The van der Waals surface area contributed by atoms with Gasteiger partial charge in [0.2, 0.25) is 0 Å². The summed E-state index contributed by atoms with van der Waals surface area (Å²) < 4.78 is 39.1. The second kappa shape index (κ2) is 6.99. The number of hydrogen-bond donors (Lipinski definition) is 0. The van der Waals surface area contributed by atoms with Crippen molar-refractivity contribution in [2.24, 2.45) is 0 Å². The molecule has 146 valence electrons. The van der Waals surface area contributed by atoms with Gasteiger partial charge in [0.1, 0.15) is 0 Å². The average molecular weight is 399 g/mol. The lowest BCUT2D eigenvalue weighted by atomic mass is 9.90. The van der Waals surface area contributed by atoms with Crippen molar-refractivity contribution in [2.75, 3.05) is 0 Å². The van der Waals surface area contributed by atoms with E-state index in [1.54, 1.807) is 6.20 Å². The Morgan fingerprint density at radius 2 is 1.23 bits per heavy atom. The number of nitrogens with zero attached hydrogens (tertiary/aromatic N) is 1. The van der Waals surface area contributed by atoms with Crippen molar-refractivity contribution in [2.45, 2.75) is 6.18 Å². The lowest BCUT2D eigenvalue weighted by Crippen LogP contribution is -2.04. The molecule has 0 N–H and O–H groups in total. The first-order valence-corrected chi connectivity index (χ1v) is 9.56. The minimum atomic E-state index is -4.36. The summed E-state index contributed by atoms with van der Waals surface area (Å²) in [5.41, 5.74) is 2.66. The first-order chi connectivity index (χ1) is 14.5. The molecule has 0 fully saturated rings. The quantitative estimate of drug-likeness (QED) is 0.296. The average Bonchev–Trinajstić information content (AvgIpc) is 2.77. The molecule has 0 aliphatic carbocycles. The number of halogens is 3. The van der Waals surface area contributed by atoms with Crippen LogP contribution in [-0.4, -0.2) is 4.98 Å². The van der Waals surface area contributed by atoms with E-state index in [1.807, 2.05) is 66.7 Å². The molecule has 4 aromatic carbocycles. The van der Waals surface area contributed by atoms with Crippen molar-refractivity contribution >= 4 is 21.5 Å². The van der Waals surface area contributed by atoms with Gasteiger partial charge in [-0.25, -0.2) is 0 Å². The van der Waals surface area contributed by atoms with E-state index in [-0.39, 0.29) is 0 Å². The molecule has 0 aliphatic heterocycles. The van der Waals surface area contributed by atoms with Crippen LogP contribution in [0.2, 0.25) is 0 Å². The van der Waals surface area contributed by atoms with Crippen LogP contribution < -0.4 is 0 Å². The molecule has 30 heavy (non-hydrogen) atoms. The van der Waals surface area contributed by atoms with Gasteiger partial charge in [-0.2, -0.15) is 13.2 Å². The molecule has 1 heterocycles. The van der Waals surface area contributed by atoms with E-state index in [2.05, 4.69) is 0 Å². The summed E-state index contributed by atoms with van der Waals surface area (Å²) >= 11 is 0. The van der Waals surface area contributed by atoms with Gasteiger partial charge in [-0.3, -0.25) is 4.98 Å². The molecule has 0 saturated heterocycles. The zero-order valence-corrected chi connectivity index (χ0v) is 15.8. The summed E-state index contributed by atoms with van der Waals surface area (Å²) in [5.74, 6) is 0. The van der Waals surface area contributed by atoms with Crippen LogP contribution >= 0.6 is 0 Å². The van der Waals surface area contributed by atoms with Crippen molar-refractivity contribution < 1.29 is 13.2 Å². The van der Waals surface area contributed by atoms with Crippen LogP contribution in [0.25, 0.3) is 43.9 Å². The smallest absolute Gasteiger partial charge is 0.256 e. The van der Waals surface area contributed by atoms with Crippen LogP contribution in [0.3, 0.4) is 0 Å². The number of benzene rings is 4. The lowest BCUT2D eigenvalue weighted by molar-refractivity contribution is -0.137. The minimum absolute atomic E-state index is 0.656. The maximum Gasteiger partial charge on any atom is 0.416 e. The fourth-order valence-electron chi connectivity index (χ4n) is 3.92. The lowest BCUT2D eigenvalue weighted by Gasteiger charge is -2.16. The topological polar surface area (TPSA) is 12.9 Å². The van der Waals surface area contributed by atoms with Crippen molar-refractivity contribution in [3.8, 4) is 22.4 Å². The zero-order chi connectivity index (χ0) is 20.7. The third-order valence-electron chi connectivity index (χ3n) is 5.36. The van der Waals surface area contributed by atoms with Gasteiger partial charge in [-0.05, 0) is 45.5 Å². The second-order valence-electron chi connectivity index (χ2n) is 7.17. The van der Waals surface area contributed by atoms with Gasteiger partial charge in [0.15, 0.2) is 0 Å². The third kappa shape index (κ3) is 3.11. The highest BCUT2D eigenvalue weighted by atomic mass is 19.4. The number of fused-ring (bicyclic) bond motifs is 2. The maximum absolute atomic E-state index is 13.0. The van der Waals surface area contributed by atoms with Crippen LogP contribution in [-0.2, 0) is 6.18 Å². The number of alkyl halides is 3. The molecule has 0 saturated carbocycles. The van der Waals surface area contributed by atoms with Crippen LogP contribution in [0.5, 0.6) is 0 Å². The van der Waals surface area contributed by atoms with E-state index >= 15 is 0 Å². The fraction of sp³-hybridized carbons (Fsp3) is 0.0385. The van der Waals surface area contributed by atoms with Crippen molar-refractivity contribution in [1.29, 1.82) is 0 Å². The molecule has 1 nitrogen and oxygen atoms in total. The van der Waals surface area contributed by atoms with Gasteiger partial charge in [0.25, 0.3) is 0 Å². The maximum atomic E-state index is 13.0. The monoisotopic (exact) mass is 399 g/mol. The Hall–Kier alpha value is -3.66. The molecule has 0 amide bonds. The first-order valence-electron chi connectivity index (χ1n) is 9.56. The van der Waals surface area contributed by atoms with Gasteiger partial charge in [-0.1, -0.05) is 72.8 Å². The molecular weight excluding hydrogens is 383 g/mol. The summed E-state index contributed by atoms with van der Waals surface area (Å²) in [7, 11) is 0. The number of hydrogen-bond acceptors (Lipinski definition) is 1. The Bertz CT molecular complexity index is 1360. The molecule has 1 aromatic heterocycles. The minimum Gasteiger partial charge on any atom is -0.256 e. The third-order valence-corrected chi connectivity index (χ3v) is 5.36. The van der Waals surface area contributed by atoms with E-state index in [0.717, 1.165) is 56.1 Å². The van der Waals surface area contributed by atoms with E-state index in [1.165, 1.54) is 12.1 Å². The zero-order valence-electron chi connectivity index (χ0n) is 15.8.